The van der Waals surface area contributed by atoms with Crippen molar-refractivity contribution in [1.82, 2.24) is 10.1 Å². The molecule has 0 unspecified atom stereocenters. The summed E-state index contributed by atoms with van der Waals surface area (Å²) in [6.07, 6.45) is 1.14. The molecule has 4 nitrogen and oxygen atoms in total. The maximum atomic E-state index is 10.7. The Morgan fingerprint density at radius 1 is 1.46 bits per heavy atom. The highest BCUT2D eigenvalue weighted by Crippen LogP contribution is 2.32. The molecule has 1 aliphatic rings. The quantitative estimate of drug-likeness (QED) is 0.694. The predicted molar refractivity (Wildman–Crippen MR) is 45.4 cm³/mol. The van der Waals surface area contributed by atoms with Crippen molar-refractivity contribution in [2.45, 2.75) is 38.5 Å². The van der Waals surface area contributed by atoms with E-state index in [-0.39, 0.29) is 17.6 Å². The van der Waals surface area contributed by atoms with Crippen LogP contribution in [-0.2, 0) is 4.79 Å². The lowest BCUT2D eigenvalue weighted by Gasteiger charge is -2.19. The topological polar surface area (TPSA) is 56.0 Å². The molecule has 1 aromatic rings. The van der Waals surface area contributed by atoms with Gasteiger partial charge in [0, 0.05) is 18.8 Å². The van der Waals surface area contributed by atoms with Crippen molar-refractivity contribution in [3.63, 3.8) is 0 Å². The van der Waals surface area contributed by atoms with Gasteiger partial charge < -0.3 is 4.52 Å². The first-order valence-corrected chi connectivity index (χ1v) is 4.52. The number of rotatable bonds is 2. The van der Waals surface area contributed by atoms with Gasteiger partial charge in [-0.1, -0.05) is 19.0 Å². The van der Waals surface area contributed by atoms with Crippen LogP contribution in [-0.4, -0.2) is 15.9 Å². The minimum Gasteiger partial charge on any atom is -0.339 e. The first kappa shape index (κ1) is 8.41. The Kier molecular flexibility index (Phi) is 1.90. The molecule has 1 heterocycles. The molecule has 0 saturated heterocycles. The number of nitrogens with zero attached hydrogens (tertiary/aromatic N) is 2. The molecule has 13 heavy (non-hydrogen) atoms. The van der Waals surface area contributed by atoms with Crippen molar-refractivity contribution >= 4 is 5.78 Å². The van der Waals surface area contributed by atoms with Gasteiger partial charge in [0.1, 0.15) is 5.78 Å². The Balaban J connectivity index is 2.10. The molecule has 0 amide bonds. The summed E-state index contributed by atoms with van der Waals surface area (Å²) in [4.78, 5) is 15.0. The van der Waals surface area contributed by atoms with Crippen LogP contribution in [0, 0.1) is 0 Å². The fourth-order valence-electron chi connectivity index (χ4n) is 1.31. The van der Waals surface area contributed by atoms with E-state index < -0.39 is 0 Å². The zero-order valence-corrected chi connectivity index (χ0v) is 7.78. The van der Waals surface area contributed by atoms with Gasteiger partial charge in [-0.15, -0.1) is 0 Å². The Morgan fingerprint density at radius 2 is 2.15 bits per heavy atom. The highest BCUT2D eigenvalue weighted by Gasteiger charge is 2.32. The number of carbonyl (C=O) groups excluding carboxylic acids is 1. The minimum atomic E-state index is 0.187. The van der Waals surface area contributed by atoms with Crippen molar-refractivity contribution in [1.29, 1.82) is 0 Å². The highest BCUT2D eigenvalue weighted by atomic mass is 16.5. The van der Waals surface area contributed by atoms with Crippen molar-refractivity contribution < 1.29 is 9.32 Å². The van der Waals surface area contributed by atoms with Crippen LogP contribution >= 0.6 is 0 Å². The summed E-state index contributed by atoms with van der Waals surface area (Å²) in [6, 6.07) is 0. The lowest BCUT2D eigenvalue weighted by Crippen LogP contribution is -2.21. The van der Waals surface area contributed by atoms with Gasteiger partial charge in [-0.25, -0.2) is 0 Å². The number of hydrogen-bond donors (Lipinski definition) is 0. The standard InChI is InChI=1S/C9H12N2O2/c1-5(2)8-10-9(13-11-8)6-3-7(12)4-6/h5-6H,3-4H2,1-2H3. The van der Waals surface area contributed by atoms with Gasteiger partial charge in [0.15, 0.2) is 5.82 Å². The van der Waals surface area contributed by atoms with Crippen molar-refractivity contribution in [2.75, 3.05) is 0 Å². The van der Waals surface area contributed by atoms with Crippen LogP contribution in [0.1, 0.15) is 50.2 Å². The molecular weight excluding hydrogens is 168 g/mol. The van der Waals surface area contributed by atoms with Crippen LogP contribution in [0.25, 0.3) is 0 Å². The average molecular weight is 180 g/mol. The van der Waals surface area contributed by atoms with E-state index in [0.717, 1.165) is 5.82 Å². The maximum absolute atomic E-state index is 10.7. The number of Topliss-reactive ketones (excluding diaryl/α,β-unsaturated/α-hetero) is 1. The summed E-state index contributed by atoms with van der Waals surface area (Å²) >= 11 is 0. The molecule has 1 saturated carbocycles. The molecule has 0 N–H and O–H groups in total. The lowest BCUT2D eigenvalue weighted by atomic mass is 9.84. The van der Waals surface area contributed by atoms with Gasteiger partial charge in [0.2, 0.25) is 5.89 Å². The minimum absolute atomic E-state index is 0.187. The van der Waals surface area contributed by atoms with Crippen molar-refractivity contribution in [3.05, 3.63) is 11.7 Å². The molecule has 2 rings (SSSR count). The molecule has 0 radical (unpaired) electrons. The van der Waals surface area contributed by atoms with Crippen molar-refractivity contribution in [3.8, 4) is 0 Å². The summed E-state index contributed by atoms with van der Waals surface area (Å²) in [5.41, 5.74) is 0. The highest BCUT2D eigenvalue weighted by molar-refractivity contribution is 5.85. The third-order valence-corrected chi connectivity index (χ3v) is 2.27. The molecule has 70 valence electrons. The SMILES string of the molecule is CC(C)c1noc(C2CC(=O)C2)n1. The molecule has 1 aliphatic carbocycles. The molecule has 0 aromatic carbocycles. The molecule has 1 aromatic heterocycles. The van der Waals surface area contributed by atoms with E-state index in [1.807, 2.05) is 13.8 Å². The van der Waals surface area contributed by atoms with E-state index in [2.05, 4.69) is 10.1 Å². The van der Waals surface area contributed by atoms with E-state index >= 15 is 0 Å². The van der Waals surface area contributed by atoms with Crippen molar-refractivity contribution in [2.24, 2.45) is 0 Å². The van der Waals surface area contributed by atoms with Gasteiger partial charge in [0.25, 0.3) is 0 Å². The summed E-state index contributed by atoms with van der Waals surface area (Å²) in [5.74, 6) is 2.12. The zero-order chi connectivity index (χ0) is 9.42. The fourth-order valence-corrected chi connectivity index (χ4v) is 1.31. The second-order valence-corrected chi connectivity index (χ2v) is 3.79. The van der Waals surface area contributed by atoms with Gasteiger partial charge in [-0.2, -0.15) is 4.98 Å². The van der Waals surface area contributed by atoms with E-state index in [1.54, 1.807) is 0 Å². The summed E-state index contributed by atoms with van der Waals surface area (Å²) in [5, 5.41) is 3.85. The maximum Gasteiger partial charge on any atom is 0.230 e. The van der Waals surface area contributed by atoms with Crippen LogP contribution in [0.15, 0.2) is 4.52 Å². The molecule has 1 fully saturated rings. The summed E-state index contributed by atoms with van der Waals surface area (Å²) in [6.45, 7) is 4.03. The molecular formula is C9H12N2O2. The largest absolute Gasteiger partial charge is 0.339 e. The van der Waals surface area contributed by atoms with Crippen LogP contribution in [0.4, 0.5) is 0 Å². The van der Waals surface area contributed by atoms with E-state index in [1.165, 1.54) is 0 Å². The lowest BCUT2D eigenvalue weighted by molar-refractivity contribution is -0.125. The molecule has 4 heteroatoms. The molecule has 0 aliphatic heterocycles. The Labute approximate surface area is 76.3 Å². The fraction of sp³-hybridized carbons (Fsp3) is 0.667. The van der Waals surface area contributed by atoms with E-state index in [4.69, 9.17) is 4.52 Å². The number of hydrogen-bond acceptors (Lipinski definition) is 4. The van der Waals surface area contributed by atoms with Crippen LogP contribution in [0.5, 0.6) is 0 Å². The Morgan fingerprint density at radius 3 is 2.62 bits per heavy atom. The third-order valence-electron chi connectivity index (χ3n) is 2.27. The summed E-state index contributed by atoms with van der Waals surface area (Å²) < 4.78 is 5.06. The van der Waals surface area contributed by atoms with Gasteiger partial charge in [-0.05, 0) is 0 Å². The number of carbonyl (C=O) groups is 1. The van der Waals surface area contributed by atoms with Crippen LogP contribution in [0.3, 0.4) is 0 Å². The second kappa shape index (κ2) is 2.94. The smallest absolute Gasteiger partial charge is 0.230 e. The van der Waals surface area contributed by atoms with E-state index in [9.17, 15) is 4.79 Å². The van der Waals surface area contributed by atoms with Gasteiger partial charge in [-0.3, -0.25) is 4.79 Å². The Bertz CT molecular complexity index is 322. The first-order valence-electron chi connectivity index (χ1n) is 4.52. The van der Waals surface area contributed by atoms with E-state index in [0.29, 0.717) is 18.7 Å². The normalized spacial score (nSPS) is 17.9. The predicted octanol–water partition coefficient (Wildman–Crippen LogP) is 1.64. The summed E-state index contributed by atoms with van der Waals surface area (Å²) in [7, 11) is 0. The molecule has 0 bridgehead atoms. The number of aromatic nitrogens is 2. The van der Waals surface area contributed by atoms with Gasteiger partial charge in [0.05, 0.1) is 5.92 Å². The molecule has 0 atom stereocenters. The first-order chi connectivity index (χ1) is 6.16. The number of ketones is 1. The Hall–Kier alpha value is -1.19. The van der Waals surface area contributed by atoms with Crippen LogP contribution < -0.4 is 0 Å². The average Bonchev–Trinajstić information content (AvgIpc) is 2.46. The van der Waals surface area contributed by atoms with Crippen LogP contribution in [0.2, 0.25) is 0 Å². The third kappa shape index (κ3) is 1.48. The zero-order valence-electron chi connectivity index (χ0n) is 7.78. The molecule has 0 spiro atoms. The monoisotopic (exact) mass is 180 g/mol. The second-order valence-electron chi connectivity index (χ2n) is 3.79. The van der Waals surface area contributed by atoms with Gasteiger partial charge >= 0.3 is 0 Å².